The Kier molecular flexibility index (Phi) is 27.7. The predicted octanol–water partition coefficient (Wildman–Crippen LogP) is 3.52. The number of hydrogen-bond acceptors (Lipinski definition) is 2. The van der Waals surface area contributed by atoms with Crippen LogP contribution in [0, 0.1) is 0 Å². The standard InChI is InChI=1S/C8H19NO.C2H6.CH3I/c1-4-6-7-9(5-2)8(3)10;2*1-2/h8,10H,4-7H2,1-3H3;1-2H3;1H3. The molecule has 1 atom stereocenters. The molecule has 0 spiro atoms. The van der Waals surface area contributed by atoms with Gasteiger partial charge < -0.3 is 5.11 Å². The highest BCUT2D eigenvalue weighted by molar-refractivity contribution is 14.1. The minimum atomic E-state index is -0.281. The molecule has 3 heteroatoms. The van der Waals surface area contributed by atoms with E-state index in [2.05, 4.69) is 41.3 Å². The number of nitrogens with zero attached hydrogens (tertiary/aromatic N) is 1. The third-order valence-corrected chi connectivity index (χ3v) is 1.73. The van der Waals surface area contributed by atoms with E-state index in [9.17, 15) is 0 Å². The lowest BCUT2D eigenvalue weighted by atomic mass is 10.3. The second kappa shape index (κ2) is 19.3. The molecular weight excluding hydrogens is 289 g/mol. The molecule has 1 N–H and O–H groups in total. The van der Waals surface area contributed by atoms with Gasteiger partial charge in [-0.25, -0.2) is 0 Å². The molecule has 0 aliphatic carbocycles. The molecule has 0 heterocycles. The predicted molar refractivity (Wildman–Crippen MR) is 75.1 cm³/mol. The number of halogens is 1. The first-order valence-corrected chi connectivity index (χ1v) is 7.68. The van der Waals surface area contributed by atoms with Crippen LogP contribution in [-0.4, -0.2) is 34.3 Å². The van der Waals surface area contributed by atoms with Gasteiger partial charge in [0.05, 0.1) is 0 Å². The molecule has 0 radical (unpaired) electrons. The van der Waals surface area contributed by atoms with Crippen LogP contribution in [0.3, 0.4) is 0 Å². The zero-order valence-electron chi connectivity index (χ0n) is 10.7. The van der Waals surface area contributed by atoms with Gasteiger partial charge in [0.25, 0.3) is 0 Å². The zero-order valence-corrected chi connectivity index (χ0v) is 12.8. The molecule has 0 aromatic heterocycles. The first kappa shape index (κ1) is 20.1. The van der Waals surface area contributed by atoms with Gasteiger partial charge >= 0.3 is 0 Å². The first-order valence-electron chi connectivity index (χ1n) is 5.52. The van der Waals surface area contributed by atoms with Crippen molar-refractivity contribution in [1.82, 2.24) is 4.90 Å². The summed E-state index contributed by atoms with van der Waals surface area (Å²) < 4.78 is 0. The summed E-state index contributed by atoms with van der Waals surface area (Å²) >= 11 is 2.15. The van der Waals surface area contributed by atoms with Gasteiger partial charge in [-0.2, -0.15) is 0 Å². The summed E-state index contributed by atoms with van der Waals surface area (Å²) in [4.78, 5) is 4.03. The Morgan fingerprint density at radius 3 is 1.86 bits per heavy atom. The third kappa shape index (κ3) is 15.1. The Labute approximate surface area is 104 Å². The number of rotatable bonds is 5. The number of unbranched alkanes of at least 4 members (excludes halogenated alkanes) is 1. The maximum Gasteiger partial charge on any atom is 0.104 e. The summed E-state index contributed by atoms with van der Waals surface area (Å²) in [6.07, 6.45) is 2.10. The Balaban J connectivity index is -0.000000266. The molecule has 0 aliphatic heterocycles. The SMILES string of the molecule is CC.CCCCN(CC)C(C)O.CI. The van der Waals surface area contributed by atoms with E-state index in [1.54, 1.807) is 0 Å². The molecule has 0 saturated carbocycles. The van der Waals surface area contributed by atoms with Crippen LogP contribution < -0.4 is 0 Å². The van der Waals surface area contributed by atoms with Gasteiger partial charge in [-0.05, 0) is 24.8 Å². The van der Waals surface area contributed by atoms with Crippen molar-refractivity contribution < 1.29 is 5.11 Å². The lowest BCUT2D eigenvalue weighted by Gasteiger charge is -2.22. The van der Waals surface area contributed by atoms with Crippen molar-refractivity contribution >= 4 is 22.6 Å². The van der Waals surface area contributed by atoms with Gasteiger partial charge in [0.1, 0.15) is 6.23 Å². The fourth-order valence-corrected chi connectivity index (χ4v) is 0.970. The van der Waals surface area contributed by atoms with Gasteiger partial charge in [0.15, 0.2) is 0 Å². The zero-order chi connectivity index (χ0) is 12.0. The van der Waals surface area contributed by atoms with Crippen LogP contribution in [0.2, 0.25) is 0 Å². The molecule has 0 aromatic rings. The Bertz CT molecular complexity index is 79.7. The van der Waals surface area contributed by atoms with E-state index in [-0.39, 0.29) is 6.23 Å². The fourth-order valence-electron chi connectivity index (χ4n) is 0.970. The molecule has 2 nitrogen and oxygen atoms in total. The summed E-state index contributed by atoms with van der Waals surface area (Å²) in [5.41, 5.74) is 0. The lowest BCUT2D eigenvalue weighted by molar-refractivity contribution is 0.0217. The van der Waals surface area contributed by atoms with E-state index >= 15 is 0 Å². The first-order chi connectivity index (χ1) is 6.72. The minimum Gasteiger partial charge on any atom is -0.379 e. The van der Waals surface area contributed by atoms with Gasteiger partial charge in [-0.3, -0.25) is 4.90 Å². The molecular formula is C11H28INO. The summed E-state index contributed by atoms with van der Waals surface area (Å²) in [5, 5.41) is 9.16. The second-order valence-electron chi connectivity index (χ2n) is 2.61. The van der Waals surface area contributed by atoms with Crippen molar-refractivity contribution in [3.63, 3.8) is 0 Å². The van der Waals surface area contributed by atoms with Crippen LogP contribution in [0.4, 0.5) is 0 Å². The van der Waals surface area contributed by atoms with E-state index in [0.29, 0.717) is 0 Å². The van der Waals surface area contributed by atoms with Crippen LogP contribution in [0.15, 0.2) is 0 Å². The van der Waals surface area contributed by atoms with Gasteiger partial charge in [0.2, 0.25) is 0 Å². The number of hydrogen-bond donors (Lipinski definition) is 1. The van der Waals surface area contributed by atoms with Crippen LogP contribution in [-0.2, 0) is 0 Å². The van der Waals surface area contributed by atoms with E-state index in [4.69, 9.17) is 5.11 Å². The fraction of sp³-hybridized carbons (Fsp3) is 1.00. The summed E-state index contributed by atoms with van der Waals surface area (Å²) in [5.74, 6) is 0. The van der Waals surface area contributed by atoms with Gasteiger partial charge in [-0.15, -0.1) is 0 Å². The maximum atomic E-state index is 9.16. The van der Waals surface area contributed by atoms with Crippen molar-refractivity contribution in [2.45, 2.75) is 53.7 Å². The van der Waals surface area contributed by atoms with E-state index in [1.165, 1.54) is 12.8 Å². The van der Waals surface area contributed by atoms with E-state index < -0.39 is 0 Å². The molecule has 1 unspecified atom stereocenters. The number of aliphatic hydroxyl groups excluding tert-OH is 1. The van der Waals surface area contributed by atoms with Crippen molar-refractivity contribution in [2.24, 2.45) is 0 Å². The third-order valence-electron chi connectivity index (χ3n) is 1.73. The molecule has 0 aromatic carbocycles. The Hall–Kier alpha value is 0.650. The second-order valence-corrected chi connectivity index (χ2v) is 2.61. The maximum absolute atomic E-state index is 9.16. The molecule has 0 saturated heterocycles. The summed E-state index contributed by atoms with van der Waals surface area (Å²) in [6.45, 7) is 12.0. The molecule has 0 bridgehead atoms. The van der Waals surface area contributed by atoms with E-state index in [0.717, 1.165) is 13.1 Å². The van der Waals surface area contributed by atoms with Crippen molar-refractivity contribution in [2.75, 3.05) is 18.0 Å². The van der Waals surface area contributed by atoms with Crippen LogP contribution >= 0.6 is 22.6 Å². The quantitative estimate of drug-likeness (QED) is 0.476. The smallest absolute Gasteiger partial charge is 0.104 e. The van der Waals surface area contributed by atoms with Crippen LogP contribution in [0.25, 0.3) is 0 Å². The Morgan fingerprint density at radius 2 is 1.64 bits per heavy atom. The average molecular weight is 317 g/mol. The van der Waals surface area contributed by atoms with Crippen LogP contribution in [0.5, 0.6) is 0 Å². The minimum absolute atomic E-state index is 0.281. The highest BCUT2D eigenvalue weighted by Crippen LogP contribution is 1.97. The largest absolute Gasteiger partial charge is 0.379 e. The Morgan fingerprint density at radius 1 is 1.21 bits per heavy atom. The molecule has 0 rings (SSSR count). The molecule has 90 valence electrons. The molecule has 14 heavy (non-hydrogen) atoms. The highest BCUT2D eigenvalue weighted by atomic mass is 127. The van der Waals surface area contributed by atoms with Crippen LogP contribution in [0.1, 0.15) is 47.5 Å². The van der Waals surface area contributed by atoms with Crippen molar-refractivity contribution in [3.05, 3.63) is 0 Å². The molecule has 0 aliphatic rings. The number of alkyl halides is 1. The average Bonchev–Trinajstić information content (AvgIpc) is 2.24. The van der Waals surface area contributed by atoms with Crippen molar-refractivity contribution in [3.8, 4) is 0 Å². The summed E-state index contributed by atoms with van der Waals surface area (Å²) in [6, 6.07) is 0. The summed E-state index contributed by atoms with van der Waals surface area (Å²) in [7, 11) is 0. The normalized spacial score (nSPS) is 10.9. The molecule has 0 fully saturated rings. The van der Waals surface area contributed by atoms with Gasteiger partial charge in [-0.1, -0.05) is 56.7 Å². The topological polar surface area (TPSA) is 23.5 Å². The lowest BCUT2D eigenvalue weighted by Crippen LogP contribution is -2.33. The highest BCUT2D eigenvalue weighted by Gasteiger charge is 2.05. The monoisotopic (exact) mass is 317 g/mol. The van der Waals surface area contributed by atoms with Crippen molar-refractivity contribution in [1.29, 1.82) is 0 Å². The van der Waals surface area contributed by atoms with Gasteiger partial charge in [0, 0.05) is 6.54 Å². The molecule has 0 amide bonds. The van der Waals surface area contributed by atoms with E-state index in [1.807, 2.05) is 25.7 Å². The number of aliphatic hydroxyl groups is 1.